The highest BCUT2D eigenvalue weighted by molar-refractivity contribution is 5.35. The van der Waals surface area contributed by atoms with Crippen molar-refractivity contribution < 1.29 is 0 Å². The van der Waals surface area contributed by atoms with Crippen LogP contribution in [0.3, 0.4) is 0 Å². The highest BCUT2D eigenvalue weighted by atomic mass is 15.5. The lowest BCUT2D eigenvalue weighted by Crippen LogP contribution is -2.91. The molecule has 2 unspecified atom stereocenters. The third-order valence-corrected chi connectivity index (χ3v) is 7.56. The normalized spacial score (nSPS) is 64.8. The molecule has 0 amide bonds. The van der Waals surface area contributed by atoms with Gasteiger partial charge in [0, 0.05) is 11.0 Å². The molecule has 4 bridgehead atoms. The Morgan fingerprint density at radius 3 is 2.83 bits per heavy atom. The van der Waals surface area contributed by atoms with Crippen LogP contribution < -0.4 is 5.32 Å². The molecule has 100 valence electrons. The third-order valence-electron chi connectivity index (χ3n) is 7.56. The zero-order valence-corrected chi connectivity index (χ0v) is 11.7. The second-order valence-electron chi connectivity index (χ2n) is 8.01. The topological polar surface area (TPSA) is 15.3 Å². The fourth-order valence-corrected chi connectivity index (χ4v) is 7.42. The maximum Gasteiger partial charge on any atom is 0.0797 e. The zero-order chi connectivity index (χ0) is 12.0. The molecule has 2 nitrogen and oxygen atoms in total. The molecule has 2 aliphatic carbocycles. The predicted molar refractivity (Wildman–Crippen MR) is 72.2 cm³/mol. The van der Waals surface area contributed by atoms with Gasteiger partial charge in [0.1, 0.15) is 0 Å². The van der Waals surface area contributed by atoms with Crippen LogP contribution in [0.25, 0.3) is 0 Å². The molecule has 2 heteroatoms. The van der Waals surface area contributed by atoms with Gasteiger partial charge in [-0.05, 0) is 76.3 Å². The van der Waals surface area contributed by atoms with Gasteiger partial charge in [0.05, 0.1) is 5.66 Å². The first-order valence-corrected chi connectivity index (χ1v) is 8.27. The van der Waals surface area contributed by atoms with Crippen molar-refractivity contribution in [2.75, 3.05) is 13.1 Å². The summed E-state index contributed by atoms with van der Waals surface area (Å²) < 4.78 is 0. The van der Waals surface area contributed by atoms with Crippen LogP contribution in [-0.2, 0) is 0 Å². The van der Waals surface area contributed by atoms with Gasteiger partial charge in [-0.3, -0.25) is 10.2 Å². The summed E-state index contributed by atoms with van der Waals surface area (Å²) in [6.07, 6.45) is 11.9. The van der Waals surface area contributed by atoms with Crippen molar-refractivity contribution in [1.29, 1.82) is 0 Å². The smallest absolute Gasteiger partial charge is 0.0797 e. The largest absolute Gasteiger partial charge is 0.292 e. The van der Waals surface area contributed by atoms with Crippen LogP contribution in [0.15, 0.2) is 0 Å². The Bertz CT molecular complexity index is 408. The fraction of sp³-hybridized carbons (Fsp3) is 1.00. The number of rotatable bonds is 0. The lowest BCUT2D eigenvalue weighted by Gasteiger charge is -2.77. The zero-order valence-electron chi connectivity index (χ0n) is 11.7. The molecular formula is C16H26N2. The number of nitrogens with one attached hydrogen (secondary N) is 1. The van der Waals surface area contributed by atoms with Crippen molar-refractivity contribution in [2.24, 2.45) is 17.3 Å². The summed E-state index contributed by atoms with van der Waals surface area (Å²) in [5.74, 6) is 1.98. The van der Waals surface area contributed by atoms with Crippen LogP contribution in [0.1, 0.15) is 58.3 Å². The van der Waals surface area contributed by atoms with Crippen LogP contribution in [0, 0.1) is 17.3 Å². The summed E-state index contributed by atoms with van der Waals surface area (Å²) in [6, 6.07) is 0. The molecule has 5 aliphatic rings. The quantitative estimate of drug-likeness (QED) is 0.707. The summed E-state index contributed by atoms with van der Waals surface area (Å²) in [7, 11) is 0. The molecule has 0 aromatic rings. The summed E-state index contributed by atoms with van der Waals surface area (Å²) in [6.45, 7) is 5.24. The Morgan fingerprint density at radius 1 is 1.11 bits per heavy atom. The first-order valence-electron chi connectivity index (χ1n) is 8.27. The molecule has 3 heterocycles. The molecule has 1 N–H and O–H groups in total. The van der Waals surface area contributed by atoms with Gasteiger partial charge in [0.25, 0.3) is 0 Å². The van der Waals surface area contributed by atoms with E-state index in [0.29, 0.717) is 16.6 Å². The number of hydrogen-bond donors (Lipinski definition) is 1. The monoisotopic (exact) mass is 246 g/mol. The highest BCUT2D eigenvalue weighted by Crippen LogP contribution is 2.75. The van der Waals surface area contributed by atoms with E-state index in [1.54, 1.807) is 0 Å². The minimum Gasteiger partial charge on any atom is -0.292 e. The molecule has 1 spiro atoms. The molecule has 0 aromatic heterocycles. The van der Waals surface area contributed by atoms with Gasteiger partial charge < -0.3 is 0 Å². The molecule has 18 heavy (non-hydrogen) atoms. The Morgan fingerprint density at radius 2 is 1.94 bits per heavy atom. The van der Waals surface area contributed by atoms with E-state index >= 15 is 0 Å². The van der Waals surface area contributed by atoms with E-state index in [1.807, 2.05) is 0 Å². The van der Waals surface area contributed by atoms with E-state index in [9.17, 15) is 0 Å². The molecular weight excluding hydrogens is 220 g/mol. The van der Waals surface area contributed by atoms with Crippen LogP contribution >= 0.6 is 0 Å². The lowest BCUT2D eigenvalue weighted by atomic mass is 9.43. The summed E-state index contributed by atoms with van der Waals surface area (Å²) >= 11 is 0. The average molecular weight is 246 g/mol. The van der Waals surface area contributed by atoms with Crippen molar-refractivity contribution in [2.45, 2.75) is 69.5 Å². The molecule has 6 atom stereocenters. The van der Waals surface area contributed by atoms with Crippen molar-refractivity contribution in [1.82, 2.24) is 10.2 Å². The first kappa shape index (κ1) is 10.7. The maximum absolute atomic E-state index is 4.21. The lowest BCUT2D eigenvalue weighted by molar-refractivity contribution is -0.263. The van der Waals surface area contributed by atoms with E-state index in [0.717, 1.165) is 11.8 Å². The first-order chi connectivity index (χ1) is 8.73. The molecule has 2 saturated carbocycles. The van der Waals surface area contributed by atoms with Gasteiger partial charge >= 0.3 is 0 Å². The average Bonchev–Trinajstić information content (AvgIpc) is 2.44. The van der Waals surface area contributed by atoms with Crippen molar-refractivity contribution in [3.8, 4) is 0 Å². The minimum absolute atomic E-state index is 0.445. The molecule has 0 radical (unpaired) electrons. The van der Waals surface area contributed by atoms with Crippen LogP contribution in [-0.4, -0.2) is 29.2 Å². The Kier molecular flexibility index (Phi) is 1.77. The van der Waals surface area contributed by atoms with E-state index in [1.165, 1.54) is 64.5 Å². The molecule has 3 aliphatic heterocycles. The predicted octanol–water partition coefficient (Wildman–Crippen LogP) is 2.74. The van der Waals surface area contributed by atoms with Gasteiger partial charge in [-0.1, -0.05) is 6.92 Å². The van der Waals surface area contributed by atoms with Gasteiger partial charge in [-0.2, -0.15) is 0 Å². The summed E-state index contributed by atoms with van der Waals surface area (Å²) in [4.78, 5) is 2.88. The fourth-order valence-electron chi connectivity index (χ4n) is 7.42. The van der Waals surface area contributed by atoms with Crippen LogP contribution in [0.2, 0.25) is 0 Å². The second-order valence-corrected chi connectivity index (χ2v) is 8.01. The van der Waals surface area contributed by atoms with Crippen molar-refractivity contribution >= 4 is 0 Å². The molecule has 5 rings (SSSR count). The molecule has 0 aromatic carbocycles. The Labute approximate surface area is 110 Å². The maximum atomic E-state index is 4.21. The Balaban J connectivity index is 1.73. The highest BCUT2D eigenvalue weighted by Gasteiger charge is 2.81. The molecule has 3 saturated heterocycles. The standard InChI is InChI=1S/C16H26N2/c1-12-10-13-4-7-14-5-2-8-18-9-3-6-15(13,14)16(18,11-12)17-14/h12-13,17H,2-11H2,1H3/t12-,13-,14+,15+,16?/m1/s1. The van der Waals surface area contributed by atoms with Crippen LogP contribution in [0.5, 0.6) is 0 Å². The Hall–Kier alpha value is -0.0800. The minimum atomic E-state index is 0.445. The summed E-state index contributed by atoms with van der Waals surface area (Å²) in [5.41, 5.74) is 1.72. The van der Waals surface area contributed by atoms with Gasteiger partial charge in [-0.25, -0.2) is 0 Å². The van der Waals surface area contributed by atoms with Crippen molar-refractivity contribution in [3.05, 3.63) is 0 Å². The van der Waals surface area contributed by atoms with E-state index in [4.69, 9.17) is 0 Å². The van der Waals surface area contributed by atoms with Crippen LogP contribution in [0.4, 0.5) is 0 Å². The third kappa shape index (κ3) is 0.841. The number of hydrogen-bond acceptors (Lipinski definition) is 2. The van der Waals surface area contributed by atoms with E-state index < -0.39 is 0 Å². The number of nitrogens with zero attached hydrogens (tertiary/aromatic N) is 1. The summed E-state index contributed by atoms with van der Waals surface area (Å²) in [5, 5.41) is 4.21. The number of piperidine rings is 1. The van der Waals surface area contributed by atoms with E-state index in [2.05, 4.69) is 17.1 Å². The molecule has 5 fully saturated rings. The van der Waals surface area contributed by atoms with Gasteiger partial charge in [0.2, 0.25) is 0 Å². The van der Waals surface area contributed by atoms with E-state index in [-0.39, 0.29) is 0 Å². The van der Waals surface area contributed by atoms with Gasteiger partial charge in [0.15, 0.2) is 0 Å². The second kappa shape index (κ2) is 2.98. The van der Waals surface area contributed by atoms with Gasteiger partial charge in [-0.15, -0.1) is 0 Å². The SMILES string of the molecule is C[C@@H]1C[C@H]2CC[C@@]34CCCN5CCC[C@]23C5(C1)N4. The van der Waals surface area contributed by atoms with Crippen molar-refractivity contribution in [3.63, 3.8) is 0 Å².